The molecule has 32 heavy (non-hydrogen) atoms. The molecule has 1 fully saturated rings. The van der Waals surface area contributed by atoms with E-state index in [0.717, 1.165) is 28.3 Å². The van der Waals surface area contributed by atoms with Gasteiger partial charge in [0.25, 0.3) is 0 Å². The fraction of sp³-hybridized carbons (Fsp3) is 0.292. The van der Waals surface area contributed by atoms with Crippen molar-refractivity contribution in [3.63, 3.8) is 0 Å². The molecule has 0 unspecified atom stereocenters. The van der Waals surface area contributed by atoms with Crippen molar-refractivity contribution in [1.29, 1.82) is 0 Å². The number of aryl methyl sites for hydroxylation is 1. The van der Waals surface area contributed by atoms with E-state index in [9.17, 15) is 9.90 Å². The first-order valence-electron chi connectivity index (χ1n) is 10.4. The summed E-state index contributed by atoms with van der Waals surface area (Å²) in [5.74, 6) is -0.371. The van der Waals surface area contributed by atoms with Gasteiger partial charge in [0.2, 0.25) is 0 Å². The van der Waals surface area contributed by atoms with Crippen LogP contribution in [-0.4, -0.2) is 50.9 Å². The number of aliphatic hydroxyl groups excluding tert-OH is 1. The Hall–Kier alpha value is -3.23. The van der Waals surface area contributed by atoms with Gasteiger partial charge in [-0.2, -0.15) is 0 Å². The van der Waals surface area contributed by atoms with E-state index in [4.69, 9.17) is 17.0 Å². The Morgan fingerprint density at radius 1 is 1.22 bits per heavy atom. The van der Waals surface area contributed by atoms with Gasteiger partial charge in [-0.3, -0.25) is 4.98 Å². The predicted octanol–water partition coefficient (Wildman–Crippen LogP) is 3.24. The van der Waals surface area contributed by atoms with Gasteiger partial charge in [0, 0.05) is 29.8 Å². The normalized spacial score (nSPS) is 18.0. The number of β-amino-alcohol motifs (C(OH)–C–C–N with tert-alkyl or cyclic N) is 1. The molecule has 2 aromatic heterocycles. The maximum Gasteiger partial charge on any atom is 0.337 e. The highest BCUT2D eigenvalue weighted by atomic mass is 32.1. The monoisotopic (exact) mass is 450 g/mol. The van der Waals surface area contributed by atoms with Crippen LogP contribution >= 0.6 is 12.2 Å². The molecule has 3 aromatic rings. The molecular formula is C24H26N4O3S. The summed E-state index contributed by atoms with van der Waals surface area (Å²) in [6.07, 6.45) is 1.77. The van der Waals surface area contributed by atoms with E-state index in [0.29, 0.717) is 17.2 Å². The van der Waals surface area contributed by atoms with Gasteiger partial charge in [-0.1, -0.05) is 12.1 Å². The minimum Gasteiger partial charge on any atom is -0.465 e. The minimum absolute atomic E-state index is 0.00677. The van der Waals surface area contributed by atoms with E-state index in [1.165, 1.54) is 7.11 Å². The molecular weight excluding hydrogens is 424 g/mol. The van der Waals surface area contributed by atoms with Crippen LogP contribution in [0.15, 0.2) is 54.7 Å². The van der Waals surface area contributed by atoms with E-state index in [1.54, 1.807) is 12.3 Å². The van der Waals surface area contributed by atoms with Gasteiger partial charge in [-0.05, 0) is 68.0 Å². The lowest BCUT2D eigenvalue weighted by molar-refractivity contribution is 0.0600. The van der Waals surface area contributed by atoms with Crippen LogP contribution in [0.1, 0.15) is 45.1 Å². The van der Waals surface area contributed by atoms with Gasteiger partial charge >= 0.3 is 5.97 Å². The maximum absolute atomic E-state index is 12.0. The van der Waals surface area contributed by atoms with Crippen LogP contribution in [0.3, 0.4) is 0 Å². The third-order valence-corrected chi connectivity index (χ3v) is 6.21. The third-order valence-electron chi connectivity index (χ3n) is 5.85. The van der Waals surface area contributed by atoms with Crippen molar-refractivity contribution in [1.82, 2.24) is 19.8 Å². The molecule has 2 atom stereocenters. The molecule has 1 aliphatic rings. The van der Waals surface area contributed by atoms with Crippen LogP contribution in [0, 0.1) is 13.8 Å². The second kappa shape index (κ2) is 9.10. The van der Waals surface area contributed by atoms with E-state index in [-0.39, 0.29) is 24.7 Å². The number of benzene rings is 1. The summed E-state index contributed by atoms with van der Waals surface area (Å²) in [5, 5.41) is 13.7. The lowest BCUT2D eigenvalue weighted by atomic mass is 9.97. The molecule has 1 aliphatic heterocycles. The highest BCUT2D eigenvalue weighted by Gasteiger charge is 2.41. The van der Waals surface area contributed by atoms with Gasteiger partial charge in [0.05, 0.1) is 37.1 Å². The predicted molar refractivity (Wildman–Crippen MR) is 126 cm³/mol. The number of esters is 1. The molecule has 0 bridgehead atoms. The quantitative estimate of drug-likeness (QED) is 0.441. The Kier molecular flexibility index (Phi) is 6.25. The highest BCUT2D eigenvalue weighted by Crippen LogP contribution is 2.41. The number of nitrogens with zero attached hydrogens (tertiary/aromatic N) is 3. The molecule has 0 spiro atoms. The number of carbonyl (C=O) groups excluding carboxylic acids is 1. The Bertz CT molecular complexity index is 1150. The van der Waals surface area contributed by atoms with Gasteiger partial charge in [0.15, 0.2) is 5.11 Å². The molecule has 1 aromatic carbocycles. The number of carbonyl (C=O) groups is 1. The van der Waals surface area contributed by atoms with E-state index in [2.05, 4.69) is 27.9 Å². The summed E-state index contributed by atoms with van der Waals surface area (Å²) in [6.45, 7) is 4.50. The molecule has 4 rings (SSSR count). The zero-order valence-corrected chi connectivity index (χ0v) is 19.1. The first-order chi connectivity index (χ1) is 15.5. The summed E-state index contributed by atoms with van der Waals surface area (Å²) in [6, 6.07) is 15.1. The topological polar surface area (TPSA) is 79.6 Å². The zero-order valence-electron chi connectivity index (χ0n) is 18.3. The Labute approximate surface area is 192 Å². The first-order valence-corrected chi connectivity index (χ1v) is 10.8. The van der Waals surface area contributed by atoms with Crippen molar-refractivity contribution in [2.24, 2.45) is 0 Å². The molecule has 0 radical (unpaired) electrons. The van der Waals surface area contributed by atoms with Crippen LogP contribution in [-0.2, 0) is 4.74 Å². The number of methoxy groups -OCH3 is 1. The number of thiocarbonyl (C=S) groups is 1. The van der Waals surface area contributed by atoms with Crippen molar-refractivity contribution < 1.29 is 14.6 Å². The van der Waals surface area contributed by atoms with Gasteiger partial charge in [0.1, 0.15) is 0 Å². The molecule has 1 saturated heterocycles. The number of aliphatic hydroxyl groups is 1. The molecule has 8 heteroatoms. The molecule has 2 N–H and O–H groups in total. The van der Waals surface area contributed by atoms with Gasteiger partial charge in [-0.25, -0.2) is 4.79 Å². The Balaban J connectivity index is 1.82. The molecule has 0 aliphatic carbocycles. The van der Waals surface area contributed by atoms with E-state index in [1.807, 2.05) is 48.2 Å². The van der Waals surface area contributed by atoms with Crippen molar-refractivity contribution >= 4 is 23.3 Å². The smallest absolute Gasteiger partial charge is 0.337 e. The van der Waals surface area contributed by atoms with Crippen LogP contribution in [0.5, 0.6) is 0 Å². The maximum atomic E-state index is 12.0. The third kappa shape index (κ3) is 3.87. The summed E-state index contributed by atoms with van der Waals surface area (Å²) in [5.41, 5.74) is 5.41. The zero-order chi connectivity index (χ0) is 22.8. The molecule has 7 nitrogen and oxygen atoms in total. The largest absolute Gasteiger partial charge is 0.465 e. The number of hydrogen-bond acceptors (Lipinski definition) is 5. The lowest BCUT2D eigenvalue weighted by Gasteiger charge is -2.27. The summed E-state index contributed by atoms with van der Waals surface area (Å²) in [7, 11) is 1.38. The standard InChI is InChI=1S/C24H26N4O3S/c1-15-13-19(16(2)28(15)18-8-6-7-17(14-18)23(30)31-3)22-21(20-9-4-5-10-25-20)26-24(32)27(22)11-12-29/h4-10,13-14,21-22,29H,11-12H2,1-3H3,(H,26,32)/t21-,22+/m1/s1. The Morgan fingerprint density at radius 2 is 2.03 bits per heavy atom. The average molecular weight is 451 g/mol. The van der Waals surface area contributed by atoms with Crippen molar-refractivity contribution in [2.45, 2.75) is 25.9 Å². The number of nitrogens with one attached hydrogen (secondary N) is 1. The minimum atomic E-state index is -0.371. The second-order valence-corrected chi connectivity index (χ2v) is 8.13. The fourth-order valence-corrected chi connectivity index (χ4v) is 4.80. The molecule has 0 amide bonds. The number of hydrogen-bond donors (Lipinski definition) is 2. The van der Waals surface area contributed by atoms with Crippen LogP contribution in [0.2, 0.25) is 0 Å². The molecule has 0 saturated carbocycles. The van der Waals surface area contributed by atoms with Crippen LogP contribution in [0.4, 0.5) is 0 Å². The lowest BCUT2D eigenvalue weighted by Crippen LogP contribution is -2.32. The number of pyridine rings is 1. The SMILES string of the molecule is COC(=O)c1cccc(-n2c(C)cc([C@H]3[C@@H](c4ccccn4)NC(=S)N3CCO)c2C)c1. The average Bonchev–Trinajstić information content (AvgIpc) is 3.29. The summed E-state index contributed by atoms with van der Waals surface area (Å²) in [4.78, 5) is 18.6. The first kappa shape index (κ1) is 22.0. The van der Waals surface area contributed by atoms with Crippen molar-refractivity contribution in [2.75, 3.05) is 20.3 Å². The highest BCUT2D eigenvalue weighted by molar-refractivity contribution is 7.80. The number of rotatable bonds is 6. The summed E-state index contributed by atoms with van der Waals surface area (Å²) < 4.78 is 7.00. The number of ether oxygens (including phenoxy) is 1. The van der Waals surface area contributed by atoms with Crippen LogP contribution in [0.25, 0.3) is 5.69 Å². The van der Waals surface area contributed by atoms with Crippen molar-refractivity contribution in [3.8, 4) is 5.69 Å². The van der Waals surface area contributed by atoms with E-state index >= 15 is 0 Å². The van der Waals surface area contributed by atoms with Gasteiger partial charge < -0.3 is 24.6 Å². The summed E-state index contributed by atoms with van der Waals surface area (Å²) >= 11 is 5.61. The second-order valence-electron chi connectivity index (χ2n) is 7.75. The fourth-order valence-electron chi connectivity index (χ4n) is 4.47. The number of aromatic nitrogens is 2. The van der Waals surface area contributed by atoms with Crippen molar-refractivity contribution in [3.05, 3.63) is 82.9 Å². The molecule has 3 heterocycles. The van der Waals surface area contributed by atoms with Gasteiger partial charge in [-0.15, -0.1) is 0 Å². The Morgan fingerprint density at radius 3 is 2.72 bits per heavy atom. The van der Waals surface area contributed by atoms with E-state index < -0.39 is 0 Å². The molecule has 166 valence electrons. The van der Waals surface area contributed by atoms with Crippen LogP contribution < -0.4 is 5.32 Å².